The molecule has 1 fully saturated rings. The highest BCUT2D eigenvalue weighted by Gasteiger charge is 2.36. The number of aryl methyl sites for hydroxylation is 1. The van der Waals surface area contributed by atoms with Crippen molar-refractivity contribution in [2.24, 2.45) is 0 Å². The molecular weight excluding hydrogens is 322 g/mol. The minimum atomic E-state index is -3.72. The van der Waals surface area contributed by atoms with Crippen LogP contribution in [0, 0.1) is 6.92 Å². The zero-order valence-corrected chi connectivity index (χ0v) is 13.7. The van der Waals surface area contributed by atoms with Crippen molar-refractivity contribution in [3.63, 3.8) is 0 Å². The van der Waals surface area contributed by atoms with Gasteiger partial charge in [-0.05, 0) is 19.1 Å². The molecule has 1 heterocycles. The number of amides is 2. The molecule has 9 heteroatoms. The molecule has 2 N–H and O–H groups in total. The molecule has 0 aliphatic carbocycles. The molecule has 1 saturated heterocycles. The number of nitrogens with one attached hydrogen (secondary N) is 2. The predicted molar refractivity (Wildman–Crippen MR) is 81.9 cm³/mol. The van der Waals surface area contributed by atoms with Gasteiger partial charge < -0.3 is 15.4 Å². The van der Waals surface area contributed by atoms with Crippen LogP contribution in [-0.4, -0.2) is 57.5 Å². The molecule has 0 saturated carbocycles. The van der Waals surface area contributed by atoms with Gasteiger partial charge in [-0.3, -0.25) is 9.59 Å². The number of ether oxygens (including phenoxy) is 1. The molecule has 0 bridgehead atoms. The Kier molecular flexibility index (Phi) is 5.34. The first-order valence-electron chi connectivity index (χ1n) is 7.06. The van der Waals surface area contributed by atoms with Crippen LogP contribution >= 0.6 is 0 Å². The minimum Gasteiger partial charge on any atom is -0.359 e. The quantitative estimate of drug-likeness (QED) is 0.698. The van der Waals surface area contributed by atoms with Gasteiger partial charge in [-0.15, -0.1) is 0 Å². The molecule has 1 atom stereocenters. The van der Waals surface area contributed by atoms with Crippen LogP contribution in [0.3, 0.4) is 0 Å². The minimum absolute atomic E-state index is 0.0999. The summed E-state index contributed by atoms with van der Waals surface area (Å²) in [7, 11) is -2.39. The molecule has 23 heavy (non-hydrogen) atoms. The van der Waals surface area contributed by atoms with E-state index in [-0.39, 0.29) is 24.6 Å². The summed E-state index contributed by atoms with van der Waals surface area (Å²) in [5.41, 5.74) is 0.955. The maximum absolute atomic E-state index is 12.6. The molecule has 0 unspecified atom stereocenters. The Morgan fingerprint density at radius 2 is 1.91 bits per heavy atom. The molecule has 8 nitrogen and oxygen atoms in total. The SMILES string of the molecule is CNC(=O)C(=O)NC[C@@H]1OCCN1S(=O)(=O)c1ccc(C)cc1. The second kappa shape index (κ2) is 7.07. The Morgan fingerprint density at radius 1 is 1.26 bits per heavy atom. The number of hydrogen-bond acceptors (Lipinski definition) is 5. The van der Waals surface area contributed by atoms with Gasteiger partial charge in [-0.2, -0.15) is 4.31 Å². The molecule has 2 amide bonds. The third-order valence-corrected chi connectivity index (χ3v) is 5.34. The zero-order valence-electron chi connectivity index (χ0n) is 12.9. The molecule has 0 spiro atoms. The average Bonchev–Trinajstić information content (AvgIpc) is 3.01. The fourth-order valence-corrected chi connectivity index (χ4v) is 3.67. The first kappa shape index (κ1) is 17.4. The molecule has 1 aliphatic rings. The van der Waals surface area contributed by atoms with E-state index in [1.165, 1.54) is 23.5 Å². The number of likely N-dealkylation sites (N-methyl/N-ethyl adjacent to an activating group) is 1. The average molecular weight is 341 g/mol. The smallest absolute Gasteiger partial charge is 0.309 e. The van der Waals surface area contributed by atoms with E-state index in [4.69, 9.17) is 4.74 Å². The van der Waals surface area contributed by atoms with Crippen LogP contribution < -0.4 is 10.6 Å². The van der Waals surface area contributed by atoms with Gasteiger partial charge in [0.2, 0.25) is 10.0 Å². The van der Waals surface area contributed by atoms with E-state index in [9.17, 15) is 18.0 Å². The van der Waals surface area contributed by atoms with Crippen molar-refractivity contribution < 1.29 is 22.7 Å². The van der Waals surface area contributed by atoms with E-state index in [0.29, 0.717) is 0 Å². The van der Waals surface area contributed by atoms with Crippen molar-refractivity contribution in [3.05, 3.63) is 29.8 Å². The molecule has 1 aliphatic heterocycles. The zero-order chi connectivity index (χ0) is 17.0. The lowest BCUT2D eigenvalue weighted by Crippen LogP contribution is -2.46. The summed E-state index contributed by atoms with van der Waals surface area (Å²) in [4.78, 5) is 22.8. The lowest BCUT2D eigenvalue weighted by atomic mass is 10.2. The number of hydrogen-bond donors (Lipinski definition) is 2. The van der Waals surface area contributed by atoms with Crippen LogP contribution in [0.1, 0.15) is 5.56 Å². The number of carbonyl (C=O) groups excluding carboxylic acids is 2. The van der Waals surface area contributed by atoms with Crippen LogP contribution in [-0.2, 0) is 24.3 Å². The van der Waals surface area contributed by atoms with E-state index < -0.39 is 28.1 Å². The topological polar surface area (TPSA) is 105 Å². The third-order valence-electron chi connectivity index (χ3n) is 3.44. The van der Waals surface area contributed by atoms with Crippen LogP contribution in [0.15, 0.2) is 29.2 Å². The van der Waals surface area contributed by atoms with Crippen molar-refractivity contribution in [1.82, 2.24) is 14.9 Å². The summed E-state index contributed by atoms with van der Waals surface area (Å²) < 4.78 is 31.8. The van der Waals surface area contributed by atoms with Crippen LogP contribution in [0.5, 0.6) is 0 Å². The predicted octanol–water partition coefficient (Wildman–Crippen LogP) is -0.796. The summed E-state index contributed by atoms with van der Waals surface area (Å²) in [5, 5.41) is 4.54. The fourth-order valence-electron chi connectivity index (χ4n) is 2.16. The molecule has 1 aromatic carbocycles. The van der Waals surface area contributed by atoms with Gasteiger partial charge >= 0.3 is 11.8 Å². The van der Waals surface area contributed by atoms with E-state index in [1.54, 1.807) is 12.1 Å². The molecular formula is C14H19N3O5S. The Bertz CT molecular complexity index is 687. The number of sulfonamides is 1. The third kappa shape index (κ3) is 3.87. The second-order valence-electron chi connectivity index (χ2n) is 5.04. The maximum Gasteiger partial charge on any atom is 0.309 e. The Hall–Kier alpha value is -1.97. The van der Waals surface area contributed by atoms with Crippen LogP contribution in [0.2, 0.25) is 0 Å². The van der Waals surface area contributed by atoms with Gasteiger partial charge in [-0.1, -0.05) is 17.7 Å². The number of rotatable bonds is 4. The first-order valence-corrected chi connectivity index (χ1v) is 8.50. The Labute approximate surface area is 134 Å². The number of nitrogens with zero attached hydrogens (tertiary/aromatic N) is 1. The molecule has 126 valence electrons. The maximum atomic E-state index is 12.6. The first-order chi connectivity index (χ1) is 10.9. The molecule has 2 rings (SSSR count). The lowest BCUT2D eigenvalue weighted by Gasteiger charge is -2.22. The largest absolute Gasteiger partial charge is 0.359 e. The highest BCUT2D eigenvalue weighted by molar-refractivity contribution is 7.89. The van der Waals surface area contributed by atoms with Gasteiger partial charge in [0.25, 0.3) is 0 Å². The van der Waals surface area contributed by atoms with Crippen molar-refractivity contribution in [2.45, 2.75) is 18.0 Å². The molecule has 0 radical (unpaired) electrons. The van der Waals surface area contributed by atoms with E-state index in [0.717, 1.165) is 5.56 Å². The van der Waals surface area contributed by atoms with Crippen molar-refractivity contribution in [1.29, 1.82) is 0 Å². The molecule has 1 aromatic rings. The van der Waals surface area contributed by atoms with Gasteiger partial charge in [0.1, 0.15) is 6.23 Å². The summed E-state index contributed by atoms with van der Waals surface area (Å²) in [6.45, 7) is 2.19. The van der Waals surface area contributed by atoms with E-state index in [2.05, 4.69) is 10.6 Å². The van der Waals surface area contributed by atoms with Gasteiger partial charge in [-0.25, -0.2) is 8.42 Å². The highest BCUT2D eigenvalue weighted by Crippen LogP contribution is 2.22. The monoisotopic (exact) mass is 341 g/mol. The van der Waals surface area contributed by atoms with E-state index in [1.807, 2.05) is 6.92 Å². The number of carbonyl (C=O) groups is 2. The summed E-state index contributed by atoms with van der Waals surface area (Å²) in [6.07, 6.45) is -0.838. The second-order valence-corrected chi connectivity index (χ2v) is 6.93. The van der Waals surface area contributed by atoms with Gasteiger partial charge in [0.15, 0.2) is 0 Å². The molecule has 0 aromatic heterocycles. The Balaban J connectivity index is 2.10. The van der Waals surface area contributed by atoms with Crippen molar-refractivity contribution in [3.8, 4) is 0 Å². The summed E-state index contributed by atoms with van der Waals surface area (Å²) in [6, 6.07) is 6.49. The van der Waals surface area contributed by atoms with Crippen LogP contribution in [0.4, 0.5) is 0 Å². The summed E-state index contributed by atoms with van der Waals surface area (Å²) >= 11 is 0. The van der Waals surface area contributed by atoms with E-state index >= 15 is 0 Å². The fraction of sp³-hybridized carbons (Fsp3) is 0.429. The van der Waals surface area contributed by atoms with Crippen LogP contribution in [0.25, 0.3) is 0 Å². The highest BCUT2D eigenvalue weighted by atomic mass is 32.2. The normalized spacial score (nSPS) is 18.6. The Morgan fingerprint density at radius 3 is 2.52 bits per heavy atom. The lowest BCUT2D eigenvalue weighted by molar-refractivity contribution is -0.139. The number of benzene rings is 1. The van der Waals surface area contributed by atoms with Crippen molar-refractivity contribution >= 4 is 21.8 Å². The summed E-state index contributed by atoms with van der Waals surface area (Å²) in [5.74, 6) is -1.63. The standard InChI is InChI=1S/C14H19N3O5S/c1-10-3-5-11(6-4-10)23(20,21)17-7-8-22-12(17)9-16-14(19)13(18)15-2/h3-6,12H,7-9H2,1-2H3,(H,15,18)(H,16,19)/t12-/m0/s1. The van der Waals surface area contributed by atoms with Crippen molar-refractivity contribution in [2.75, 3.05) is 26.7 Å². The van der Waals surface area contributed by atoms with Gasteiger partial charge in [0.05, 0.1) is 18.0 Å². The van der Waals surface area contributed by atoms with Gasteiger partial charge in [0, 0.05) is 13.6 Å².